The number of nitriles is 1. The number of benzene rings is 1. The van der Waals surface area contributed by atoms with Crippen molar-refractivity contribution in [3.05, 3.63) is 47.8 Å². The van der Waals surface area contributed by atoms with Crippen LogP contribution in [0.1, 0.15) is 24.0 Å². The highest BCUT2D eigenvalue weighted by Crippen LogP contribution is 2.42. The van der Waals surface area contributed by atoms with Crippen LogP contribution < -0.4 is 9.80 Å². The topological polar surface area (TPSA) is 73.1 Å². The number of aromatic nitrogens is 2. The monoisotopic (exact) mass is 333 g/mol. The summed E-state index contributed by atoms with van der Waals surface area (Å²) in [4.78, 5) is 25.4. The van der Waals surface area contributed by atoms with Gasteiger partial charge in [-0.15, -0.1) is 0 Å². The van der Waals surface area contributed by atoms with Crippen LogP contribution in [0.15, 0.2) is 36.7 Å². The largest absolute Gasteiger partial charge is 0.340 e. The molecular formula is C19H19N5O. The van der Waals surface area contributed by atoms with Gasteiger partial charge in [0.25, 0.3) is 0 Å². The molecule has 0 N–H and O–H groups in total. The van der Waals surface area contributed by atoms with E-state index in [2.05, 4.69) is 20.9 Å². The smallest absolute Gasteiger partial charge is 0.227 e. The Morgan fingerprint density at radius 1 is 1.16 bits per heavy atom. The second-order valence-corrected chi connectivity index (χ2v) is 7.05. The lowest BCUT2D eigenvalue weighted by atomic mass is 9.86. The van der Waals surface area contributed by atoms with Crippen LogP contribution >= 0.6 is 0 Å². The number of rotatable bonds is 2. The summed E-state index contributed by atoms with van der Waals surface area (Å²) in [6.45, 7) is 4.35. The van der Waals surface area contributed by atoms with Gasteiger partial charge in [-0.2, -0.15) is 5.26 Å². The van der Waals surface area contributed by atoms with Gasteiger partial charge < -0.3 is 9.80 Å². The Hall–Kier alpha value is -2.94. The van der Waals surface area contributed by atoms with Crippen LogP contribution in [0, 0.1) is 23.7 Å². The third-order valence-corrected chi connectivity index (χ3v) is 5.12. The van der Waals surface area contributed by atoms with E-state index < -0.39 is 0 Å². The molecule has 2 saturated heterocycles. The molecule has 1 aromatic heterocycles. The van der Waals surface area contributed by atoms with Crippen molar-refractivity contribution in [1.29, 1.82) is 5.26 Å². The SMILES string of the molecule is Cc1cnc(N2CC[C@@]3(CC(=O)N(c4ccc(C#N)cc4)C3)C2)nc1. The Morgan fingerprint density at radius 2 is 1.88 bits per heavy atom. The van der Waals surface area contributed by atoms with Gasteiger partial charge >= 0.3 is 0 Å². The average Bonchev–Trinajstić information content (AvgIpc) is 3.19. The maximum Gasteiger partial charge on any atom is 0.227 e. The molecular weight excluding hydrogens is 314 g/mol. The highest BCUT2D eigenvalue weighted by atomic mass is 16.2. The van der Waals surface area contributed by atoms with Crippen LogP contribution in [0.2, 0.25) is 0 Å². The molecule has 2 aliphatic heterocycles. The van der Waals surface area contributed by atoms with E-state index in [4.69, 9.17) is 5.26 Å². The van der Waals surface area contributed by atoms with E-state index in [1.165, 1.54) is 0 Å². The second kappa shape index (κ2) is 5.85. The number of hydrogen-bond donors (Lipinski definition) is 0. The minimum Gasteiger partial charge on any atom is -0.340 e. The summed E-state index contributed by atoms with van der Waals surface area (Å²) in [5.74, 6) is 0.892. The van der Waals surface area contributed by atoms with Gasteiger partial charge in [-0.25, -0.2) is 9.97 Å². The van der Waals surface area contributed by atoms with E-state index in [1.54, 1.807) is 12.1 Å². The molecule has 1 spiro atoms. The quantitative estimate of drug-likeness (QED) is 0.843. The van der Waals surface area contributed by atoms with E-state index in [9.17, 15) is 4.79 Å². The first-order valence-electron chi connectivity index (χ1n) is 8.43. The van der Waals surface area contributed by atoms with Crippen molar-refractivity contribution < 1.29 is 4.79 Å². The summed E-state index contributed by atoms with van der Waals surface area (Å²) < 4.78 is 0. The van der Waals surface area contributed by atoms with Crippen molar-refractivity contribution >= 4 is 17.5 Å². The van der Waals surface area contributed by atoms with E-state index >= 15 is 0 Å². The molecule has 0 saturated carbocycles. The standard InChI is InChI=1S/C19H19N5O/c1-14-10-21-18(22-11-14)23-7-6-19(12-23)8-17(25)24(13-19)16-4-2-15(9-20)3-5-16/h2-5,10-11H,6-8,12-13H2,1H3/t19-/m1/s1. The fourth-order valence-corrected chi connectivity index (χ4v) is 3.78. The Morgan fingerprint density at radius 3 is 2.56 bits per heavy atom. The number of hydrogen-bond acceptors (Lipinski definition) is 5. The molecule has 1 amide bonds. The summed E-state index contributed by atoms with van der Waals surface area (Å²) in [6.07, 6.45) is 5.17. The Bertz CT molecular complexity index is 840. The maximum atomic E-state index is 12.6. The van der Waals surface area contributed by atoms with Gasteiger partial charge in [-0.1, -0.05) is 0 Å². The fourth-order valence-electron chi connectivity index (χ4n) is 3.78. The lowest BCUT2D eigenvalue weighted by Crippen LogP contribution is -2.31. The summed E-state index contributed by atoms with van der Waals surface area (Å²) in [7, 11) is 0. The Balaban J connectivity index is 1.51. The van der Waals surface area contributed by atoms with Crippen LogP contribution in [-0.2, 0) is 4.79 Å². The molecule has 6 nitrogen and oxygen atoms in total. The summed E-state index contributed by atoms with van der Waals surface area (Å²) in [5, 5.41) is 8.92. The number of aryl methyl sites for hydroxylation is 1. The third kappa shape index (κ3) is 2.82. The molecule has 2 fully saturated rings. The first-order valence-corrected chi connectivity index (χ1v) is 8.43. The molecule has 2 aliphatic rings. The predicted octanol–water partition coefficient (Wildman–Crippen LogP) is 2.29. The molecule has 0 unspecified atom stereocenters. The molecule has 1 aromatic carbocycles. The number of anilines is 2. The lowest BCUT2D eigenvalue weighted by Gasteiger charge is -2.24. The van der Waals surface area contributed by atoms with Crippen molar-refractivity contribution in [2.24, 2.45) is 5.41 Å². The zero-order valence-corrected chi connectivity index (χ0v) is 14.1. The molecule has 0 radical (unpaired) electrons. The van der Waals surface area contributed by atoms with Gasteiger partial charge in [0.15, 0.2) is 0 Å². The lowest BCUT2D eigenvalue weighted by molar-refractivity contribution is -0.117. The highest BCUT2D eigenvalue weighted by Gasteiger charge is 2.48. The van der Waals surface area contributed by atoms with E-state index in [1.807, 2.05) is 36.4 Å². The molecule has 1 atom stereocenters. The van der Waals surface area contributed by atoms with Crippen molar-refractivity contribution in [1.82, 2.24) is 9.97 Å². The predicted molar refractivity (Wildman–Crippen MR) is 94.2 cm³/mol. The molecule has 6 heteroatoms. The number of carbonyl (C=O) groups is 1. The molecule has 4 rings (SSSR count). The third-order valence-electron chi connectivity index (χ3n) is 5.12. The minimum absolute atomic E-state index is 0.0424. The number of amides is 1. The van der Waals surface area contributed by atoms with Gasteiger partial charge in [0.05, 0.1) is 11.6 Å². The molecule has 25 heavy (non-hydrogen) atoms. The number of nitrogens with zero attached hydrogens (tertiary/aromatic N) is 5. The zero-order valence-electron chi connectivity index (χ0n) is 14.1. The second-order valence-electron chi connectivity index (χ2n) is 7.05. The molecule has 126 valence electrons. The van der Waals surface area contributed by atoms with Gasteiger partial charge in [0.2, 0.25) is 11.9 Å². The summed E-state index contributed by atoms with van der Waals surface area (Å²) in [5.41, 5.74) is 2.47. The first kappa shape index (κ1) is 15.6. The van der Waals surface area contributed by atoms with E-state index in [0.29, 0.717) is 18.5 Å². The Labute approximate surface area is 146 Å². The Kier molecular flexibility index (Phi) is 3.65. The van der Waals surface area contributed by atoms with E-state index in [0.717, 1.165) is 36.7 Å². The molecule has 2 aromatic rings. The fraction of sp³-hybridized carbons (Fsp3) is 0.368. The summed E-state index contributed by atoms with van der Waals surface area (Å²) >= 11 is 0. The van der Waals surface area contributed by atoms with Gasteiger partial charge in [0, 0.05) is 49.6 Å². The number of carbonyl (C=O) groups excluding carboxylic acids is 1. The van der Waals surface area contributed by atoms with Crippen LogP contribution in [-0.4, -0.2) is 35.5 Å². The zero-order chi connectivity index (χ0) is 17.4. The van der Waals surface area contributed by atoms with Gasteiger partial charge in [-0.05, 0) is 43.2 Å². The molecule has 0 bridgehead atoms. The van der Waals surface area contributed by atoms with Gasteiger partial charge in [0.1, 0.15) is 0 Å². The molecule has 0 aliphatic carbocycles. The van der Waals surface area contributed by atoms with Crippen molar-refractivity contribution in [2.45, 2.75) is 19.8 Å². The normalized spacial score (nSPS) is 22.6. The van der Waals surface area contributed by atoms with Crippen molar-refractivity contribution in [3.8, 4) is 6.07 Å². The van der Waals surface area contributed by atoms with Crippen molar-refractivity contribution in [2.75, 3.05) is 29.4 Å². The van der Waals surface area contributed by atoms with Crippen molar-refractivity contribution in [3.63, 3.8) is 0 Å². The van der Waals surface area contributed by atoms with Crippen LogP contribution in [0.5, 0.6) is 0 Å². The highest BCUT2D eigenvalue weighted by molar-refractivity contribution is 5.96. The van der Waals surface area contributed by atoms with Crippen LogP contribution in [0.25, 0.3) is 0 Å². The van der Waals surface area contributed by atoms with Gasteiger partial charge in [-0.3, -0.25) is 4.79 Å². The van der Waals surface area contributed by atoms with E-state index in [-0.39, 0.29) is 11.3 Å². The average molecular weight is 333 g/mol. The first-order chi connectivity index (χ1) is 12.1. The minimum atomic E-state index is -0.0424. The van der Waals surface area contributed by atoms with Crippen LogP contribution in [0.4, 0.5) is 11.6 Å². The summed E-state index contributed by atoms with van der Waals surface area (Å²) in [6, 6.07) is 9.33. The molecule has 3 heterocycles. The van der Waals surface area contributed by atoms with Crippen LogP contribution in [0.3, 0.4) is 0 Å². The maximum absolute atomic E-state index is 12.6.